The molecule has 38 heavy (non-hydrogen) atoms. The minimum absolute atomic E-state index is 0. The SMILES string of the molecule is Brc1ccc(OC2CN(C(c3ccccc3)c3ccccc3)C2)nc1.Brc1ccc(OC2CNC2)nc1.Cl. The molecule has 9 heteroatoms. The lowest BCUT2D eigenvalue weighted by Gasteiger charge is -2.44. The summed E-state index contributed by atoms with van der Waals surface area (Å²) in [7, 11) is 0. The maximum atomic E-state index is 5.98. The van der Waals surface area contributed by atoms with Crippen LogP contribution < -0.4 is 14.8 Å². The summed E-state index contributed by atoms with van der Waals surface area (Å²) in [6.45, 7) is 3.65. The van der Waals surface area contributed by atoms with Crippen molar-refractivity contribution >= 4 is 44.3 Å². The molecule has 4 aromatic rings. The Morgan fingerprint density at radius 1 is 0.684 bits per heavy atom. The van der Waals surface area contributed by atoms with Gasteiger partial charge in [-0.15, -0.1) is 12.4 Å². The molecule has 1 N–H and O–H groups in total. The van der Waals surface area contributed by atoms with Gasteiger partial charge in [-0.2, -0.15) is 0 Å². The molecule has 6 rings (SSSR count). The van der Waals surface area contributed by atoms with Crippen molar-refractivity contribution < 1.29 is 9.47 Å². The fraction of sp³-hybridized carbons (Fsp3) is 0.241. The van der Waals surface area contributed by atoms with Gasteiger partial charge in [0.25, 0.3) is 0 Å². The maximum absolute atomic E-state index is 5.98. The Morgan fingerprint density at radius 3 is 1.55 bits per heavy atom. The predicted molar refractivity (Wildman–Crippen MR) is 159 cm³/mol. The van der Waals surface area contributed by atoms with Crippen molar-refractivity contribution in [2.24, 2.45) is 0 Å². The first-order valence-corrected chi connectivity index (χ1v) is 13.8. The minimum Gasteiger partial charge on any atom is -0.472 e. The summed E-state index contributed by atoms with van der Waals surface area (Å²) in [6, 6.07) is 29.2. The molecule has 2 saturated heterocycles. The zero-order chi connectivity index (χ0) is 25.5. The van der Waals surface area contributed by atoms with E-state index in [1.54, 1.807) is 12.4 Å². The number of pyridine rings is 2. The maximum Gasteiger partial charge on any atom is 0.213 e. The Balaban J connectivity index is 0.000000218. The Hall–Kier alpha value is -2.49. The van der Waals surface area contributed by atoms with Crippen molar-refractivity contribution in [3.63, 3.8) is 0 Å². The first-order chi connectivity index (χ1) is 18.1. The zero-order valence-electron chi connectivity index (χ0n) is 20.6. The van der Waals surface area contributed by atoms with Gasteiger partial charge in [-0.05, 0) is 55.1 Å². The van der Waals surface area contributed by atoms with E-state index in [-0.39, 0.29) is 24.6 Å². The lowest BCUT2D eigenvalue weighted by molar-refractivity contribution is -0.00216. The number of nitrogens with one attached hydrogen (secondary N) is 1. The number of nitrogens with zero attached hydrogens (tertiary/aromatic N) is 3. The fourth-order valence-corrected chi connectivity index (χ4v) is 4.66. The number of hydrogen-bond donors (Lipinski definition) is 1. The molecule has 198 valence electrons. The second-order valence-electron chi connectivity index (χ2n) is 8.95. The van der Waals surface area contributed by atoms with Gasteiger partial charge in [-0.3, -0.25) is 4.90 Å². The number of halogens is 3. The number of aromatic nitrogens is 2. The Labute approximate surface area is 246 Å². The van der Waals surface area contributed by atoms with Crippen LogP contribution in [0.25, 0.3) is 0 Å². The second-order valence-corrected chi connectivity index (χ2v) is 10.8. The smallest absolute Gasteiger partial charge is 0.213 e. The van der Waals surface area contributed by atoms with Gasteiger partial charge in [0.15, 0.2) is 0 Å². The van der Waals surface area contributed by atoms with Gasteiger partial charge < -0.3 is 14.8 Å². The van der Waals surface area contributed by atoms with Gasteiger partial charge in [0.2, 0.25) is 11.8 Å². The predicted octanol–water partition coefficient (Wildman–Crippen LogP) is 6.31. The molecule has 2 aliphatic rings. The van der Waals surface area contributed by atoms with Gasteiger partial charge in [-0.1, -0.05) is 60.7 Å². The summed E-state index contributed by atoms with van der Waals surface area (Å²) >= 11 is 6.71. The first kappa shape index (κ1) is 28.5. The molecule has 4 heterocycles. The van der Waals surface area contributed by atoms with Crippen LogP contribution in [0.5, 0.6) is 11.8 Å². The van der Waals surface area contributed by atoms with Gasteiger partial charge in [0.05, 0.1) is 6.04 Å². The highest BCUT2D eigenvalue weighted by molar-refractivity contribution is 9.10. The van der Waals surface area contributed by atoms with Crippen LogP contribution in [-0.4, -0.2) is 53.3 Å². The van der Waals surface area contributed by atoms with E-state index in [9.17, 15) is 0 Å². The molecule has 0 atom stereocenters. The molecule has 0 spiro atoms. The van der Waals surface area contributed by atoms with E-state index in [0.29, 0.717) is 17.9 Å². The van der Waals surface area contributed by atoms with Gasteiger partial charge in [-0.25, -0.2) is 9.97 Å². The summed E-state index contributed by atoms with van der Waals surface area (Å²) in [6.07, 6.45) is 3.99. The molecular formula is C29H29Br2ClN4O2. The zero-order valence-corrected chi connectivity index (χ0v) is 24.6. The van der Waals surface area contributed by atoms with Crippen molar-refractivity contribution in [2.75, 3.05) is 26.2 Å². The normalized spacial score (nSPS) is 15.3. The van der Waals surface area contributed by atoms with Crippen LogP contribution in [0.4, 0.5) is 0 Å². The van der Waals surface area contributed by atoms with Crippen LogP contribution >= 0.6 is 44.3 Å². The summed E-state index contributed by atoms with van der Waals surface area (Å²) < 4.78 is 13.4. The minimum atomic E-state index is 0. The number of hydrogen-bond acceptors (Lipinski definition) is 6. The summed E-state index contributed by atoms with van der Waals surface area (Å²) in [5, 5.41) is 3.13. The lowest BCUT2D eigenvalue weighted by Crippen LogP contribution is -2.55. The number of benzene rings is 2. The van der Waals surface area contributed by atoms with Crippen LogP contribution in [0.3, 0.4) is 0 Å². The average Bonchev–Trinajstić information content (AvgIpc) is 2.89. The topological polar surface area (TPSA) is 59.5 Å². The van der Waals surface area contributed by atoms with Gasteiger partial charge in [0.1, 0.15) is 12.2 Å². The highest BCUT2D eigenvalue weighted by Crippen LogP contribution is 2.33. The summed E-state index contributed by atoms with van der Waals surface area (Å²) in [5.74, 6) is 1.38. The van der Waals surface area contributed by atoms with Crippen molar-refractivity contribution in [1.82, 2.24) is 20.2 Å². The van der Waals surface area contributed by atoms with Crippen LogP contribution in [0.2, 0.25) is 0 Å². The van der Waals surface area contributed by atoms with Crippen LogP contribution in [0, 0.1) is 0 Å². The summed E-state index contributed by atoms with van der Waals surface area (Å²) in [4.78, 5) is 10.9. The van der Waals surface area contributed by atoms with Gasteiger partial charge >= 0.3 is 0 Å². The third-order valence-corrected chi connectivity index (χ3v) is 7.13. The van der Waals surface area contributed by atoms with Crippen LogP contribution in [-0.2, 0) is 0 Å². The van der Waals surface area contributed by atoms with E-state index in [1.165, 1.54) is 11.1 Å². The lowest BCUT2D eigenvalue weighted by atomic mass is 9.94. The Kier molecular flexibility index (Phi) is 10.5. The largest absolute Gasteiger partial charge is 0.472 e. The van der Waals surface area contributed by atoms with E-state index < -0.39 is 0 Å². The van der Waals surface area contributed by atoms with Gasteiger partial charge in [0, 0.05) is 59.7 Å². The van der Waals surface area contributed by atoms with Crippen LogP contribution in [0.1, 0.15) is 17.2 Å². The highest BCUT2D eigenvalue weighted by atomic mass is 79.9. The molecule has 0 unspecified atom stereocenters. The summed E-state index contributed by atoms with van der Waals surface area (Å²) in [5.41, 5.74) is 2.63. The number of rotatable bonds is 7. The number of likely N-dealkylation sites (tertiary alicyclic amines) is 1. The molecule has 2 fully saturated rings. The monoisotopic (exact) mass is 658 g/mol. The molecule has 2 aromatic carbocycles. The standard InChI is InChI=1S/C21H19BrN2O.C8H9BrN2O.ClH/c22-18-11-12-20(23-13-18)25-19-14-24(15-19)21(16-7-3-1-4-8-16)17-9-5-2-6-10-17;9-6-1-2-8(11-3-6)12-7-4-10-5-7;/h1-13,19,21H,14-15H2;1-3,7,10H,4-5H2;1H. The highest BCUT2D eigenvalue weighted by Gasteiger charge is 2.35. The molecule has 0 bridgehead atoms. The van der Waals surface area contributed by atoms with E-state index in [0.717, 1.165) is 35.1 Å². The van der Waals surface area contributed by atoms with E-state index in [4.69, 9.17) is 9.47 Å². The van der Waals surface area contributed by atoms with E-state index >= 15 is 0 Å². The second kappa shape index (κ2) is 14.1. The quantitative estimate of drug-likeness (QED) is 0.251. The third-order valence-electron chi connectivity index (χ3n) is 6.19. The van der Waals surface area contributed by atoms with Crippen molar-refractivity contribution in [3.8, 4) is 11.8 Å². The molecule has 0 radical (unpaired) electrons. The van der Waals surface area contributed by atoms with Crippen molar-refractivity contribution in [3.05, 3.63) is 117 Å². The molecular weight excluding hydrogens is 632 g/mol. The van der Waals surface area contributed by atoms with Crippen molar-refractivity contribution in [2.45, 2.75) is 18.2 Å². The molecule has 2 aromatic heterocycles. The van der Waals surface area contributed by atoms with Crippen molar-refractivity contribution in [1.29, 1.82) is 0 Å². The fourth-order valence-electron chi connectivity index (χ4n) is 4.19. The molecule has 6 nitrogen and oxygen atoms in total. The Bertz CT molecular complexity index is 1200. The average molecular weight is 661 g/mol. The molecule has 0 amide bonds. The van der Waals surface area contributed by atoms with Crippen LogP contribution in [0.15, 0.2) is 106 Å². The third kappa shape index (κ3) is 7.77. The number of ether oxygens (including phenoxy) is 2. The Morgan fingerprint density at radius 2 is 1.16 bits per heavy atom. The molecule has 0 aliphatic carbocycles. The molecule has 2 aliphatic heterocycles. The van der Waals surface area contributed by atoms with E-state index in [2.05, 4.69) is 113 Å². The molecule has 0 saturated carbocycles. The van der Waals surface area contributed by atoms with E-state index in [1.807, 2.05) is 24.3 Å². The first-order valence-electron chi connectivity index (χ1n) is 12.2.